The van der Waals surface area contributed by atoms with Crippen LogP contribution in [-0.2, 0) is 0 Å². The maximum atomic E-state index is 14.1. The quantitative estimate of drug-likeness (QED) is 0.441. The van der Waals surface area contributed by atoms with Crippen LogP contribution in [0, 0.1) is 24.6 Å². The SMILES string of the molecule is Cc1ncc(Oc2nc(N3C[C@@H]4[C@@H](N)[C@@H]4C3)c3c(n2)[nH]c2c(N)cc(F)cc23)cn1. The number of aryl methyl sites for hydroxylation is 1. The fourth-order valence-corrected chi connectivity index (χ4v) is 4.41. The number of nitrogens with one attached hydrogen (secondary N) is 1. The lowest BCUT2D eigenvalue weighted by atomic mass is 10.1. The number of anilines is 2. The van der Waals surface area contributed by atoms with Gasteiger partial charge >= 0.3 is 6.01 Å². The third kappa shape index (κ3) is 2.57. The largest absolute Gasteiger partial charge is 0.421 e. The fourth-order valence-electron chi connectivity index (χ4n) is 4.41. The van der Waals surface area contributed by atoms with Gasteiger partial charge in [0.1, 0.15) is 23.1 Å². The zero-order valence-electron chi connectivity index (χ0n) is 16.1. The molecule has 10 heteroatoms. The number of fused-ring (bicyclic) bond motifs is 4. The smallest absolute Gasteiger partial charge is 0.326 e. The van der Waals surface area contributed by atoms with E-state index >= 15 is 0 Å². The third-order valence-corrected chi connectivity index (χ3v) is 6.04. The van der Waals surface area contributed by atoms with Crippen molar-refractivity contribution in [3.05, 3.63) is 36.2 Å². The molecule has 3 aromatic heterocycles. The van der Waals surface area contributed by atoms with Crippen LogP contribution in [0.15, 0.2) is 24.5 Å². The predicted octanol–water partition coefficient (Wildman–Crippen LogP) is 2.12. The van der Waals surface area contributed by atoms with Crippen molar-refractivity contribution in [2.24, 2.45) is 17.6 Å². The molecule has 1 aromatic carbocycles. The van der Waals surface area contributed by atoms with Gasteiger partial charge in [-0.2, -0.15) is 9.97 Å². The van der Waals surface area contributed by atoms with Gasteiger partial charge in [-0.05, 0) is 30.9 Å². The molecule has 6 rings (SSSR count). The molecule has 2 aliphatic rings. The molecule has 1 saturated carbocycles. The van der Waals surface area contributed by atoms with E-state index in [4.69, 9.17) is 16.2 Å². The summed E-state index contributed by atoms with van der Waals surface area (Å²) in [5.41, 5.74) is 13.6. The van der Waals surface area contributed by atoms with E-state index in [1.807, 2.05) is 0 Å². The Kier molecular flexibility index (Phi) is 3.46. The molecular formula is C20H19FN8O. The Balaban J connectivity index is 1.52. The Morgan fingerprint density at radius 1 is 1.17 bits per heavy atom. The second-order valence-electron chi connectivity index (χ2n) is 7.97. The molecule has 0 unspecified atom stereocenters. The third-order valence-electron chi connectivity index (χ3n) is 6.04. The first kappa shape index (κ1) is 17.3. The Labute approximate surface area is 170 Å². The van der Waals surface area contributed by atoms with Gasteiger partial charge in [0, 0.05) is 24.5 Å². The van der Waals surface area contributed by atoms with E-state index in [1.54, 1.807) is 19.3 Å². The number of nitrogens with zero attached hydrogens (tertiary/aromatic N) is 5. The summed E-state index contributed by atoms with van der Waals surface area (Å²) in [5, 5.41) is 1.37. The molecule has 9 nitrogen and oxygen atoms in total. The van der Waals surface area contributed by atoms with Gasteiger partial charge < -0.3 is 26.1 Å². The van der Waals surface area contributed by atoms with Crippen molar-refractivity contribution in [2.75, 3.05) is 23.7 Å². The number of rotatable bonds is 3. The highest BCUT2D eigenvalue weighted by Gasteiger charge is 2.54. The van der Waals surface area contributed by atoms with Crippen LogP contribution >= 0.6 is 0 Å². The van der Waals surface area contributed by atoms with Crippen molar-refractivity contribution >= 4 is 33.4 Å². The number of nitrogens with two attached hydrogens (primary N) is 2. The lowest BCUT2D eigenvalue weighted by Crippen LogP contribution is -2.29. The summed E-state index contributed by atoms with van der Waals surface area (Å²) in [6.45, 7) is 3.38. The Morgan fingerprint density at radius 2 is 1.90 bits per heavy atom. The van der Waals surface area contributed by atoms with Crippen molar-refractivity contribution in [2.45, 2.75) is 13.0 Å². The molecule has 1 aliphatic heterocycles. The Hall–Kier alpha value is -3.53. The second-order valence-corrected chi connectivity index (χ2v) is 7.97. The molecule has 0 amide bonds. The summed E-state index contributed by atoms with van der Waals surface area (Å²) in [7, 11) is 0. The molecule has 2 fully saturated rings. The molecule has 0 radical (unpaired) electrons. The highest BCUT2D eigenvalue weighted by atomic mass is 19.1. The molecule has 0 spiro atoms. The van der Waals surface area contributed by atoms with Crippen molar-refractivity contribution < 1.29 is 9.13 Å². The maximum Gasteiger partial charge on any atom is 0.326 e. The van der Waals surface area contributed by atoms with Gasteiger partial charge in [-0.1, -0.05) is 0 Å². The van der Waals surface area contributed by atoms with Crippen molar-refractivity contribution in [3.8, 4) is 11.8 Å². The monoisotopic (exact) mass is 406 g/mol. The summed E-state index contributed by atoms with van der Waals surface area (Å²) < 4.78 is 20.0. The first-order valence-electron chi connectivity index (χ1n) is 9.73. The van der Waals surface area contributed by atoms with Gasteiger partial charge in [0.25, 0.3) is 0 Å². The topological polar surface area (TPSA) is 132 Å². The minimum Gasteiger partial charge on any atom is -0.421 e. The number of aromatic nitrogens is 5. The lowest BCUT2D eigenvalue weighted by Gasteiger charge is -2.21. The van der Waals surface area contributed by atoms with E-state index in [1.165, 1.54) is 12.1 Å². The highest BCUT2D eigenvalue weighted by Crippen LogP contribution is 2.47. The molecule has 0 bridgehead atoms. The molecule has 4 aromatic rings. The normalized spacial score (nSPS) is 22.6. The van der Waals surface area contributed by atoms with E-state index in [2.05, 4.69) is 29.8 Å². The first-order chi connectivity index (χ1) is 14.5. The zero-order chi connectivity index (χ0) is 20.6. The molecule has 1 aliphatic carbocycles. The average Bonchev–Trinajstić information content (AvgIpc) is 3.08. The summed E-state index contributed by atoms with van der Waals surface area (Å²) >= 11 is 0. The number of ether oxygens (including phenoxy) is 1. The Morgan fingerprint density at radius 3 is 2.63 bits per heavy atom. The van der Waals surface area contributed by atoms with Crippen LogP contribution in [0.2, 0.25) is 0 Å². The number of nitrogen functional groups attached to an aromatic ring is 1. The van der Waals surface area contributed by atoms with Crippen LogP contribution in [0.3, 0.4) is 0 Å². The van der Waals surface area contributed by atoms with Gasteiger partial charge in [-0.15, -0.1) is 0 Å². The standard InChI is InChI=1S/C20H19FN8O/c1-8-24-4-10(5-25-8)30-20-27-18-15(11-2-9(21)3-14(22)17(11)26-18)19(28-20)29-6-12-13(7-29)16(12)23/h2-5,12-13,16H,6-7,22-23H2,1H3,(H,26,27,28)/t12-,13+,16+. The first-order valence-corrected chi connectivity index (χ1v) is 9.73. The molecule has 1 saturated heterocycles. The van der Waals surface area contributed by atoms with Gasteiger partial charge in [0.2, 0.25) is 0 Å². The highest BCUT2D eigenvalue weighted by molar-refractivity contribution is 6.14. The van der Waals surface area contributed by atoms with E-state index < -0.39 is 5.82 Å². The summed E-state index contributed by atoms with van der Waals surface area (Å²) in [4.78, 5) is 22.8. The van der Waals surface area contributed by atoms with Crippen LogP contribution in [0.4, 0.5) is 15.9 Å². The molecule has 30 heavy (non-hydrogen) atoms. The summed E-state index contributed by atoms with van der Waals surface area (Å²) in [6, 6.07) is 3.14. The van der Waals surface area contributed by atoms with Gasteiger partial charge in [0.05, 0.1) is 29.0 Å². The molecule has 5 N–H and O–H groups in total. The van der Waals surface area contributed by atoms with Crippen molar-refractivity contribution in [1.29, 1.82) is 0 Å². The fraction of sp³-hybridized carbons (Fsp3) is 0.300. The number of piperidine rings is 1. The van der Waals surface area contributed by atoms with E-state index in [-0.39, 0.29) is 12.1 Å². The number of H-pyrrole nitrogens is 1. The minimum absolute atomic E-state index is 0.153. The van der Waals surface area contributed by atoms with E-state index in [0.717, 1.165) is 18.5 Å². The van der Waals surface area contributed by atoms with Crippen LogP contribution in [0.5, 0.6) is 11.8 Å². The van der Waals surface area contributed by atoms with Gasteiger partial charge in [0.15, 0.2) is 5.75 Å². The molecule has 152 valence electrons. The number of hydrogen-bond acceptors (Lipinski definition) is 8. The number of benzene rings is 1. The lowest BCUT2D eigenvalue weighted by molar-refractivity contribution is 0.439. The van der Waals surface area contributed by atoms with Crippen LogP contribution in [-0.4, -0.2) is 44.1 Å². The van der Waals surface area contributed by atoms with Gasteiger partial charge in [-0.3, -0.25) is 0 Å². The number of aromatic amines is 1. The predicted molar refractivity (Wildman–Crippen MR) is 110 cm³/mol. The van der Waals surface area contributed by atoms with Crippen molar-refractivity contribution in [1.82, 2.24) is 24.9 Å². The average molecular weight is 406 g/mol. The Bertz CT molecular complexity index is 1290. The molecule has 4 heterocycles. The van der Waals surface area contributed by atoms with E-state index in [9.17, 15) is 4.39 Å². The summed E-state index contributed by atoms with van der Waals surface area (Å²) in [6.07, 6.45) is 3.14. The number of hydrogen-bond donors (Lipinski definition) is 3. The van der Waals surface area contributed by atoms with Crippen LogP contribution in [0.25, 0.3) is 21.9 Å². The van der Waals surface area contributed by atoms with E-state index in [0.29, 0.717) is 51.5 Å². The zero-order valence-corrected chi connectivity index (χ0v) is 16.1. The minimum atomic E-state index is -0.407. The van der Waals surface area contributed by atoms with Crippen LogP contribution in [0.1, 0.15) is 5.82 Å². The van der Waals surface area contributed by atoms with Gasteiger partial charge in [-0.25, -0.2) is 14.4 Å². The maximum absolute atomic E-state index is 14.1. The molecular weight excluding hydrogens is 387 g/mol. The van der Waals surface area contributed by atoms with Crippen molar-refractivity contribution in [3.63, 3.8) is 0 Å². The number of halogens is 1. The molecule has 3 atom stereocenters. The second kappa shape index (κ2) is 5.99. The van der Waals surface area contributed by atoms with Crippen LogP contribution < -0.4 is 21.1 Å². The summed E-state index contributed by atoms with van der Waals surface area (Å²) in [5.74, 6) is 2.25.